The number of benzene rings is 5. The quantitative estimate of drug-likeness (QED) is 0.156. The smallest absolute Gasteiger partial charge is 0.128 e. The number of aryl methyl sites for hydroxylation is 2. The Morgan fingerprint density at radius 2 is 1.40 bits per heavy atom. The van der Waals surface area contributed by atoms with Crippen molar-refractivity contribution in [1.29, 1.82) is 0 Å². The maximum Gasteiger partial charge on any atom is 0.128 e. The predicted octanol–water partition coefficient (Wildman–Crippen LogP) is 15.7. The second kappa shape index (κ2) is 18.0. The minimum atomic E-state index is -2.34. The molecule has 3 heterocycles. The molecule has 5 aromatic carbocycles. The number of fused-ring (bicyclic) bond motifs is 5. The van der Waals surface area contributed by atoms with Crippen molar-refractivity contribution in [3.05, 3.63) is 155 Å². The van der Waals surface area contributed by atoms with E-state index in [1.54, 1.807) is 59.7 Å². The normalized spacial score (nSPS) is 17.7. The summed E-state index contributed by atoms with van der Waals surface area (Å²) in [6, 6.07) is 38.2. The van der Waals surface area contributed by atoms with Gasteiger partial charge in [-0.1, -0.05) is 163 Å². The Morgan fingerprint density at radius 3 is 2.15 bits per heavy atom. The van der Waals surface area contributed by atoms with Crippen LogP contribution in [0, 0.1) is 36.7 Å². The van der Waals surface area contributed by atoms with Crippen molar-refractivity contribution in [2.75, 3.05) is 0 Å². The van der Waals surface area contributed by atoms with Crippen LogP contribution in [0.1, 0.15) is 122 Å². The van der Waals surface area contributed by atoms with Gasteiger partial charge in [0.25, 0.3) is 0 Å². The summed E-state index contributed by atoms with van der Waals surface area (Å²) in [7, 11) is 0. The maximum absolute atomic E-state index is 9.17. The Balaban J connectivity index is 0.000000206. The van der Waals surface area contributed by atoms with Crippen LogP contribution in [0.2, 0.25) is 0 Å². The number of hydrogen-bond donors (Lipinski definition) is 0. The molecule has 0 atom stereocenters. The van der Waals surface area contributed by atoms with Crippen LogP contribution >= 0.6 is 0 Å². The number of aromatic nitrogens is 2. The fourth-order valence-corrected chi connectivity index (χ4v) is 7.90. The maximum atomic E-state index is 9.17. The molecule has 60 heavy (non-hydrogen) atoms. The van der Waals surface area contributed by atoms with Gasteiger partial charge in [-0.25, -0.2) is 0 Å². The molecule has 1 fully saturated rings. The van der Waals surface area contributed by atoms with Gasteiger partial charge in [0.05, 0.1) is 5.58 Å². The van der Waals surface area contributed by atoms with Gasteiger partial charge >= 0.3 is 0 Å². The zero-order valence-corrected chi connectivity index (χ0v) is 37.5. The SMILES string of the molecule is [2H]C([2H])([2H])c1c[c-]c(-c2cc(C([2H])([2H])C(C)(C)C)c(C([2H])([2H])C(C)(C)C)cn2)cc1-c1ccccc1.[2H]C([2H])([2H])c1cnc(-c2[c-]ccc3c2oc2c4ccccc4ccc32)cc1C1([2H])CCCCC1.[Ir]. The molecule has 4 heteroatoms. The van der Waals surface area contributed by atoms with Crippen LogP contribution in [0.4, 0.5) is 0 Å². The van der Waals surface area contributed by atoms with E-state index >= 15 is 0 Å². The minimum Gasteiger partial charge on any atom is -0.500 e. The predicted molar refractivity (Wildman–Crippen MR) is 249 cm³/mol. The van der Waals surface area contributed by atoms with Crippen LogP contribution in [-0.4, -0.2) is 9.97 Å². The largest absolute Gasteiger partial charge is 0.500 e. The molecule has 0 N–H and O–H groups in total. The van der Waals surface area contributed by atoms with Gasteiger partial charge in [-0.2, -0.15) is 0 Å². The van der Waals surface area contributed by atoms with E-state index in [0.29, 0.717) is 52.1 Å². The molecule has 1 aliphatic carbocycles. The molecule has 0 bridgehead atoms. The number of nitrogens with zero attached hydrogens (tertiary/aromatic N) is 2. The number of hydrogen-bond acceptors (Lipinski definition) is 3. The van der Waals surface area contributed by atoms with Crippen LogP contribution in [0.3, 0.4) is 0 Å². The fourth-order valence-electron chi connectivity index (χ4n) is 7.90. The van der Waals surface area contributed by atoms with Crippen LogP contribution in [-0.2, 0) is 32.9 Å². The van der Waals surface area contributed by atoms with Crippen molar-refractivity contribution in [2.45, 2.75) is 106 Å². The third-order valence-corrected chi connectivity index (χ3v) is 10.6. The van der Waals surface area contributed by atoms with E-state index in [1.807, 2.05) is 54.6 Å². The van der Waals surface area contributed by atoms with Gasteiger partial charge in [0.15, 0.2) is 0 Å². The Labute approximate surface area is 386 Å². The van der Waals surface area contributed by atoms with E-state index in [2.05, 4.69) is 46.4 Å². The van der Waals surface area contributed by atoms with Gasteiger partial charge in [-0.05, 0) is 93.8 Å². The number of rotatable bonds is 6. The average Bonchev–Trinajstić information content (AvgIpc) is 3.70. The fraction of sp³-hybridized carbons (Fsp3) is 0.321. The van der Waals surface area contributed by atoms with Crippen molar-refractivity contribution in [3.63, 3.8) is 0 Å². The number of pyridine rings is 2. The molecule has 1 aliphatic rings. The summed E-state index contributed by atoms with van der Waals surface area (Å²) in [5.41, 5.74) is 4.69. The van der Waals surface area contributed by atoms with Crippen LogP contribution < -0.4 is 0 Å². The zero-order valence-electron chi connectivity index (χ0n) is 46.1. The minimum absolute atomic E-state index is 0. The van der Waals surface area contributed by atoms with Gasteiger partial charge in [0.1, 0.15) is 5.58 Å². The second-order valence-corrected chi connectivity index (χ2v) is 17.5. The first kappa shape index (κ1) is 31.0. The molecular formula is C56H58IrN2O-2. The third-order valence-electron chi connectivity index (χ3n) is 10.6. The topological polar surface area (TPSA) is 38.9 Å². The van der Waals surface area contributed by atoms with Crippen molar-refractivity contribution >= 4 is 32.7 Å². The molecule has 1 saturated carbocycles. The molecule has 3 nitrogen and oxygen atoms in total. The zero-order chi connectivity index (χ0) is 50.8. The third kappa shape index (κ3) is 9.67. The molecule has 0 amide bonds. The Bertz CT molecular complexity index is 3210. The van der Waals surface area contributed by atoms with Gasteiger partial charge in [-0.3, -0.25) is 0 Å². The van der Waals surface area contributed by atoms with Gasteiger partial charge in [0.2, 0.25) is 0 Å². The Kier molecular flexibility index (Phi) is 9.30. The van der Waals surface area contributed by atoms with Gasteiger partial charge in [-0.15, -0.1) is 47.5 Å². The van der Waals surface area contributed by atoms with Gasteiger partial charge < -0.3 is 14.4 Å². The number of furan rings is 1. The van der Waals surface area contributed by atoms with Crippen molar-refractivity contribution < 1.29 is 39.6 Å². The van der Waals surface area contributed by atoms with Crippen molar-refractivity contribution in [1.82, 2.24) is 9.97 Å². The summed E-state index contributed by atoms with van der Waals surface area (Å²) in [6.45, 7) is 6.05. The Hall–Kier alpha value is -4.89. The summed E-state index contributed by atoms with van der Waals surface area (Å²) in [5.74, 6) is -0.919. The van der Waals surface area contributed by atoms with Crippen LogP contribution in [0.5, 0.6) is 0 Å². The molecular weight excluding hydrogens is 909 g/mol. The summed E-state index contributed by atoms with van der Waals surface area (Å²) >= 11 is 0. The monoisotopic (exact) mass is 978 g/mol. The molecule has 309 valence electrons. The first-order chi connectivity index (χ1) is 32.6. The van der Waals surface area contributed by atoms with E-state index in [1.165, 1.54) is 18.5 Å². The summed E-state index contributed by atoms with van der Waals surface area (Å²) < 4.78 is 99.4. The summed E-state index contributed by atoms with van der Waals surface area (Å²) in [5, 5.41) is 4.14. The average molecular weight is 978 g/mol. The van der Waals surface area contributed by atoms with E-state index in [9.17, 15) is 1.37 Å². The molecule has 8 aromatic rings. The molecule has 0 aliphatic heterocycles. The summed E-state index contributed by atoms with van der Waals surface area (Å²) in [6.07, 6.45) is 3.40. The molecule has 1 radical (unpaired) electrons. The van der Waals surface area contributed by atoms with E-state index in [-0.39, 0.29) is 42.4 Å². The molecule has 0 spiro atoms. The Morgan fingerprint density at radius 1 is 0.700 bits per heavy atom. The van der Waals surface area contributed by atoms with E-state index in [4.69, 9.17) is 18.1 Å². The molecule has 0 unspecified atom stereocenters. The van der Waals surface area contributed by atoms with Crippen LogP contribution in [0.25, 0.3) is 66.4 Å². The first-order valence-corrected chi connectivity index (χ1v) is 20.5. The van der Waals surface area contributed by atoms with Gasteiger partial charge in [0, 0.05) is 58.3 Å². The first-order valence-electron chi connectivity index (χ1n) is 26.0. The van der Waals surface area contributed by atoms with Crippen molar-refractivity contribution in [2.24, 2.45) is 10.8 Å². The van der Waals surface area contributed by atoms with Crippen molar-refractivity contribution in [3.8, 4) is 33.6 Å². The van der Waals surface area contributed by atoms with E-state index in [0.717, 1.165) is 52.0 Å². The second-order valence-electron chi connectivity index (χ2n) is 17.5. The standard InChI is InChI=1S/C28H24NO.C28H34N.Ir/c1-18-17-29-26(16-25(18)19-8-3-2-4-9-19)24-13-7-12-22-23-15-14-20-10-5-6-11-21(20)27(23)30-28(22)24;1-20-13-14-22(15-25(20)21-11-9-8-10-12-21)26-16-23(17-27(2,3)4)24(19-29-26)18-28(5,6)7;/h5-7,10-12,14-17,19H,2-4,8-9H2,1H3;8-13,15-16,19H,17-18H2,1-7H3;/q2*-1;/i1D3,19D;1D3,17D2,18D2;. The van der Waals surface area contributed by atoms with E-state index < -0.39 is 43.2 Å². The molecule has 3 aromatic heterocycles. The van der Waals surface area contributed by atoms with Crippen LogP contribution in [0.15, 0.2) is 120 Å². The molecule has 9 rings (SSSR count). The molecule has 0 saturated heterocycles. The summed E-state index contributed by atoms with van der Waals surface area (Å²) in [4.78, 5) is 9.08.